The Labute approximate surface area is 135 Å². The fraction of sp³-hybridized carbons (Fsp3) is 0.353. The minimum Gasteiger partial charge on any atom is -0.308 e. The van der Waals surface area contributed by atoms with Crippen molar-refractivity contribution in [3.05, 3.63) is 47.3 Å². The minimum atomic E-state index is 0.116. The van der Waals surface area contributed by atoms with Crippen molar-refractivity contribution in [2.24, 2.45) is 0 Å². The molecule has 0 saturated heterocycles. The molecule has 2 heterocycles. The molecule has 0 N–H and O–H groups in total. The van der Waals surface area contributed by atoms with Crippen LogP contribution in [-0.4, -0.2) is 27.7 Å². The van der Waals surface area contributed by atoms with E-state index in [0.29, 0.717) is 10.9 Å². The molecule has 0 fully saturated rings. The van der Waals surface area contributed by atoms with Gasteiger partial charge in [-0.3, -0.25) is 4.79 Å². The zero-order valence-electron chi connectivity index (χ0n) is 13.0. The van der Waals surface area contributed by atoms with Crippen LogP contribution in [0, 0.1) is 13.8 Å². The molecular formula is C17H19N3OS. The zero-order valence-corrected chi connectivity index (χ0v) is 13.9. The minimum absolute atomic E-state index is 0.116. The van der Waals surface area contributed by atoms with Crippen LogP contribution in [0.1, 0.15) is 23.9 Å². The Balaban J connectivity index is 1.72. The van der Waals surface area contributed by atoms with E-state index >= 15 is 0 Å². The number of hydrogen-bond acceptors (Lipinski definition) is 4. The van der Waals surface area contributed by atoms with E-state index < -0.39 is 0 Å². The van der Waals surface area contributed by atoms with E-state index in [1.807, 2.05) is 43.0 Å². The normalized spacial score (nSPS) is 16.7. The van der Waals surface area contributed by atoms with Gasteiger partial charge >= 0.3 is 0 Å². The van der Waals surface area contributed by atoms with Crippen molar-refractivity contribution in [3.8, 4) is 0 Å². The van der Waals surface area contributed by atoms with Crippen LogP contribution in [-0.2, 0) is 11.2 Å². The monoisotopic (exact) mass is 313 g/mol. The summed E-state index contributed by atoms with van der Waals surface area (Å²) in [7, 11) is 0. The van der Waals surface area contributed by atoms with Crippen molar-refractivity contribution in [1.29, 1.82) is 0 Å². The molecule has 0 aliphatic carbocycles. The number of rotatable bonds is 3. The zero-order chi connectivity index (χ0) is 15.7. The molecule has 2 aromatic rings. The first kappa shape index (κ1) is 15.0. The van der Waals surface area contributed by atoms with E-state index in [2.05, 4.69) is 23.0 Å². The van der Waals surface area contributed by atoms with E-state index in [4.69, 9.17) is 0 Å². The molecule has 22 heavy (non-hydrogen) atoms. The van der Waals surface area contributed by atoms with Crippen LogP contribution in [0.3, 0.4) is 0 Å². The number of hydrogen-bond donors (Lipinski definition) is 0. The number of aryl methyl sites for hydroxylation is 2. The predicted molar refractivity (Wildman–Crippen MR) is 89.3 cm³/mol. The predicted octanol–water partition coefficient (Wildman–Crippen LogP) is 3.16. The molecule has 0 spiro atoms. The van der Waals surface area contributed by atoms with Gasteiger partial charge in [0.2, 0.25) is 5.91 Å². The number of amides is 1. The maximum absolute atomic E-state index is 12.6. The summed E-state index contributed by atoms with van der Waals surface area (Å²) in [6, 6.07) is 10.3. The van der Waals surface area contributed by atoms with Crippen LogP contribution in [0.25, 0.3) is 0 Å². The smallest absolute Gasteiger partial charge is 0.237 e. The lowest BCUT2D eigenvalue weighted by atomic mass is 10.1. The third kappa shape index (κ3) is 2.99. The van der Waals surface area contributed by atoms with Gasteiger partial charge in [0.05, 0.1) is 5.75 Å². The van der Waals surface area contributed by atoms with E-state index in [-0.39, 0.29) is 11.9 Å². The van der Waals surface area contributed by atoms with E-state index in [1.54, 1.807) is 0 Å². The van der Waals surface area contributed by atoms with Crippen molar-refractivity contribution in [1.82, 2.24) is 9.97 Å². The van der Waals surface area contributed by atoms with Gasteiger partial charge in [-0.15, -0.1) is 0 Å². The lowest BCUT2D eigenvalue weighted by molar-refractivity contribution is -0.116. The lowest BCUT2D eigenvalue weighted by Crippen LogP contribution is -2.37. The average Bonchev–Trinajstić information content (AvgIpc) is 2.79. The van der Waals surface area contributed by atoms with E-state index in [9.17, 15) is 4.79 Å². The molecule has 5 heteroatoms. The van der Waals surface area contributed by atoms with Gasteiger partial charge in [-0.1, -0.05) is 30.0 Å². The molecule has 114 valence electrons. The molecule has 1 aromatic heterocycles. The molecular weight excluding hydrogens is 294 g/mol. The maximum atomic E-state index is 12.6. The third-order valence-electron chi connectivity index (χ3n) is 3.76. The Bertz CT molecular complexity index is 697. The third-order valence-corrected chi connectivity index (χ3v) is 4.59. The number of fused-ring (bicyclic) bond motifs is 1. The second kappa shape index (κ2) is 6.08. The first-order chi connectivity index (χ1) is 10.5. The van der Waals surface area contributed by atoms with Crippen molar-refractivity contribution in [2.45, 2.75) is 38.4 Å². The highest BCUT2D eigenvalue weighted by molar-refractivity contribution is 7.99. The molecule has 0 bridgehead atoms. The number of benzene rings is 1. The lowest BCUT2D eigenvalue weighted by Gasteiger charge is -2.22. The van der Waals surface area contributed by atoms with Crippen molar-refractivity contribution >= 4 is 23.4 Å². The van der Waals surface area contributed by atoms with Gasteiger partial charge in [0.1, 0.15) is 0 Å². The second-order valence-corrected chi connectivity index (χ2v) is 6.61. The van der Waals surface area contributed by atoms with E-state index in [1.165, 1.54) is 17.3 Å². The van der Waals surface area contributed by atoms with Gasteiger partial charge in [0, 0.05) is 23.1 Å². The summed E-state index contributed by atoms with van der Waals surface area (Å²) in [6.07, 6.45) is 0.923. The molecule has 1 unspecified atom stereocenters. The Kier molecular flexibility index (Phi) is 4.16. The Morgan fingerprint density at radius 3 is 2.68 bits per heavy atom. The number of carbonyl (C=O) groups is 1. The number of anilines is 1. The van der Waals surface area contributed by atoms with Gasteiger partial charge in [-0.25, -0.2) is 9.97 Å². The van der Waals surface area contributed by atoms with Gasteiger partial charge in [0.25, 0.3) is 0 Å². The van der Waals surface area contributed by atoms with Crippen LogP contribution in [0.4, 0.5) is 5.69 Å². The van der Waals surface area contributed by atoms with Crippen molar-refractivity contribution < 1.29 is 4.79 Å². The largest absolute Gasteiger partial charge is 0.308 e. The molecule has 3 rings (SSSR count). The highest BCUT2D eigenvalue weighted by Crippen LogP contribution is 2.32. The summed E-state index contributed by atoms with van der Waals surface area (Å²) in [6.45, 7) is 5.98. The van der Waals surface area contributed by atoms with Crippen molar-refractivity contribution in [2.75, 3.05) is 10.7 Å². The standard InChI is InChI=1S/C17H19N3OS/c1-11-8-12(2)19-17(18-11)22-10-16(21)20-13(3)9-14-6-4-5-7-15(14)20/h4-8,13H,9-10H2,1-3H3. The summed E-state index contributed by atoms with van der Waals surface area (Å²) in [4.78, 5) is 23.3. The highest BCUT2D eigenvalue weighted by Gasteiger charge is 2.30. The Morgan fingerprint density at radius 2 is 1.95 bits per heavy atom. The highest BCUT2D eigenvalue weighted by atomic mass is 32.2. The van der Waals surface area contributed by atoms with Crippen molar-refractivity contribution in [3.63, 3.8) is 0 Å². The summed E-state index contributed by atoms with van der Waals surface area (Å²) in [5, 5.41) is 0.672. The number of carbonyl (C=O) groups excluding carboxylic acids is 1. The number of nitrogens with zero attached hydrogens (tertiary/aromatic N) is 3. The SMILES string of the molecule is Cc1cc(C)nc(SCC(=O)N2c3ccccc3CC2C)n1. The Hall–Kier alpha value is -1.88. The molecule has 1 aliphatic rings. The molecule has 1 aromatic carbocycles. The molecule has 1 aliphatic heterocycles. The summed E-state index contributed by atoms with van der Waals surface area (Å²) in [5.41, 5.74) is 4.16. The topological polar surface area (TPSA) is 46.1 Å². The summed E-state index contributed by atoms with van der Waals surface area (Å²) >= 11 is 1.41. The van der Waals surface area contributed by atoms with E-state index in [0.717, 1.165) is 23.5 Å². The van der Waals surface area contributed by atoms with Crippen LogP contribution in [0.5, 0.6) is 0 Å². The molecule has 4 nitrogen and oxygen atoms in total. The fourth-order valence-corrected chi connectivity index (χ4v) is 3.71. The van der Waals surface area contributed by atoms with Gasteiger partial charge in [0.15, 0.2) is 5.16 Å². The maximum Gasteiger partial charge on any atom is 0.237 e. The van der Waals surface area contributed by atoms with Gasteiger partial charge in [-0.2, -0.15) is 0 Å². The first-order valence-corrected chi connectivity index (χ1v) is 8.38. The van der Waals surface area contributed by atoms with Crippen LogP contribution >= 0.6 is 11.8 Å². The molecule has 1 amide bonds. The van der Waals surface area contributed by atoms with Crippen LogP contribution in [0.2, 0.25) is 0 Å². The van der Waals surface area contributed by atoms with Crippen LogP contribution in [0.15, 0.2) is 35.5 Å². The second-order valence-electron chi connectivity index (χ2n) is 5.67. The summed E-state index contributed by atoms with van der Waals surface area (Å²) < 4.78 is 0. The van der Waals surface area contributed by atoms with Gasteiger partial charge in [-0.05, 0) is 44.9 Å². The van der Waals surface area contributed by atoms with Crippen LogP contribution < -0.4 is 4.90 Å². The molecule has 0 saturated carbocycles. The number of aromatic nitrogens is 2. The summed E-state index contributed by atoms with van der Waals surface area (Å²) in [5.74, 6) is 0.479. The first-order valence-electron chi connectivity index (χ1n) is 7.39. The Morgan fingerprint density at radius 1 is 1.27 bits per heavy atom. The molecule has 0 radical (unpaired) electrons. The number of thioether (sulfide) groups is 1. The molecule has 1 atom stereocenters. The average molecular weight is 313 g/mol. The fourth-order valence-electron chi connectivity index (χ4n) is 2.90. The number of para-hydroxylation sites is 1. The quantitative estimate of drug-likeness (QED) is 0.645. The van der Waals surface area contributed by atoms with Gasteiger partial charge < -0.3 is 4.90 Å².